The number of ketones is 1. The average Bonchev–Trinajstić information content (AvgIpc) is 2.36. The van der Waals surface area contributed by atoms with Crippen molar-refractivity contribution in [1.82, 2.24) is 10.9 Å². The standard InChI is InChI=1S/C7H10N2O/c10-7-3-1-2-6-5(7)4-8-9-6/h8-9H,1-4H2. The Bertz CT molecular complexity index is 208. The van der Waals surface area contributed by atoms with Crippen LogP contribution in [0.3, 0.4) is 0 Å². The molecule has 0 fully saturated rings. The van der Waals surface area contributed by atoms with E-state index in [0.29, 0.717) is 12.3 Å². The van der Waals surface area contributed by atoms with Gasteiger partial charge in [-0.2, -0.15) is 0 Å². The number of nitrogens with one attached hydrogen (secondary N) is 2. The fourth-order valence-electron chi connectivity index (χ4n) is 1.48. The van der Waals surface area contributed by atoms with Crippen molar-refractivity contribution in [1.29, 1.82) is 0 Å². The molecule has 1 aliphatic carbocycles. The van der Waals surface area contributed by atoms with Crippen LogP contribution in [0, 0.1) is 0 Å². The van der Waals surface area contributed by atoms with E-state index in [9.17, 15) is 4.79 Å². The highest BCUT2D eigenvalue weighted by Crippen LogP contribution is 2.21. The van der Waals surface area contributed by atoms with Gasteiger partial charge in [-0.1, -0.05) is 0 Å². The summed E-state index contributed by atoms with van der Waals surface area (Å²) in [6.45, 7) is 0.716. The Morgan fingerprint density at radius 2 is 2.20 bits per heavy atom. The van der Waals surface area contributed by atoms with Crippen molar-refractivity contribution in [2.24, 2.45) is 0 Å². The summed E-state index contributed by atoms with van der Waals surface area (Å²) >= 11 is 0. The lowest BCUT2D eigenvalue weighted by atomic mass is 9.96. The first-order chi connectivity index (χ1) is 4.88. The molecule has 0 aromatic rings. The number of rotatable bonds is 0. The van der Waals surface area contributed by atoms with Gasteiger partial charge in [0.05, 0.1) is 0 Å². The van der Waals surface area contributed by atoms with Crippen molar-refractivity contribution in [3.8, 4) is 0 Å². The zero-order valence-corrected chi connectivity index (χ0v) is 5.74. The predicted molar refractivity (Wildman–Crippen MR) is 37.0 cm³/mol. The lowest BCUT2D eigenvalue weighted by molar-refractivity contribution is -0.116. The summed E-state index contributed by atoms with van der Waals surface area (Å²) in [6.07, 6.45) is 2.78. The zero-order valence-electron chi connectivity index (χ0n) is 5.74. The molecule has 1 aliphatic heterocycles. The molecule has 0 radical (unpaired) electrons. The van der Waals surface area contributed by atoms with Crippen LogP contribution in [0.5, 0.6) is 0 Å². The van der Waals surface area contributed by atoms with Gasteiger partial charge in [0.1, 0.15) is 0 Å². The molecule has 54 valence electrons. The van der Waals surface area contributed by atoms with Crippen LogP contribution in [0.2, 0.25) is 0 Å². The summed E-state index contributed by atoms with van der Waals surface area (Å²) in [7, 11) is 0. The van der Waals surface area contributed by atoms with Crippen molar-refractivity contribution in [3.05, 3.63) is 11.3 Å². The quantitative estimate of drug-likeness (QED) is 0.499. The smallest absolute Gasteiger partial charge is 0.162 e. The van der Waals surface area contributed by atoms with Gasteiger partial charge in [-0.15, -0.1) is 0 Å². The van der Waals surface area contributed by atoms with Crippen LogP contribution in [-0.2, 0) is 4.79 Å². The molecule has 0 unspecified atom stereocenters. The van der Waals surface area contributed by atoms with Crippen LogP contribution >= 0.6 is 0 Å². The van der Waals surface area contributed by atoms with Gasteiger partial charge in [0.15, 0.2) is 5.78 Å². The van der Waals surface area contributed by atoms with Gasteiger partial charge < -0.3 is 5.43 Å². The zero-order chi connectivity index (χ0) is 6.97. The fourth-order valence-corrected chi connectivity index (χ4v) is 1.48. The molecule has 2 rings (SSSR count). The summed E-state index contributed by atoms with van der Waals surface area (Å²) in [4.78, 5) is 11.1. The first kappa shape index (κ1) is 5.92. The average molecular weight is 138 g/mol. The molecule has 0 aromatic carbocycles. The fraction of sp³-hybridized carbons (Fsp3) is 0.571. The van der Waals surface area contributed by atoms with E-state index in [-0.39, 0.29) is 0 Å². The minimum Gasteiger partial charge on any atom is -0.325 e. The molecule has 0 bridgehead atoms. The Labute approximate surface area is 59.5 Å². The van der Waals surface area contributed by atoms with Crippen LogP contribution in [0.1, 0.15) is 19.3 Å². The van der Waals surface area contributed by atoms with Gasteiger partial charge in [-0.25, -0.2) is 5.43 Å². The lowest BCUT2D eigenvalue weighted by Gasteiger charge is -2.10. The van der Waals surface area contributed by atoms with Crippen LogP contribution in [0.4, 0.5) is 0 Å². The van der Waals surface area contributed by atoms with Crippen molar-refractivity contribution in [2.75, 3.05) is 6.54 Å². The molecule has 0 spiro atoms. The van der Waals surface area contributed by atoms with E-state index >= 15 is 0 Å². The van der Waals surface area contributed by atoms with E-state index in [1.54, 1.807) is 0 Å². The Morgan fingerprint density at radius 3 is 3.00 bits per heavy atom. The van der Waals surface area contributed by atoms with Crippen LogP contribution in [0.25, 0.3) is 0 Å². The third-order valence-corrected chi connectivity index (χ3v) is 2.04. The number of Topliss-reactive ketones (excluding diaryl/α,β-unsaturated/α-hetero) is 1. The van der Waals surface area contributed by atoms with Gasteiger partial charge in [0.2, 0.25) is 0 Å². The summed E-state index contributed by atoms with van der Waals surface area (Å²) < 4.78 is 0. The number of hydrazine groups is 1. The maximum absolute atomic E-state index is 11.1. The topological polar surface area (TPSA) is 41.1 Å². The van der Waals surface area contributed by atoms with E-state index < -0.39 is 0 Å². The van der Waals surface area contributed by atoms with Gasteiger partial charge in [0.25, 0.3) is 0 Å². The molecular weight excluding hydrogens is 128 g/mol. The number of carbonyl (C=O) groups is 1. The third-order valence-electron chi connectivity index (χ3n) is 2.04. The first-order valence-corrected chi connectivity index (χ1v) is 3.62. The minimum absolute atomic E-state index is 0.318. The lowest BCUT2D eigenvalue weighted by Crippen LogP contribution is -2.23. The maximum atomic E-state index is 11.1. The van der Waals surface area contributed by atoms with Gasteiger partial charge >= 0.3 is 0 Å². The first-order valence-electron chi connectivity index (χ1n) is 3.62. The largest absolute Gasteiger partial charge is 0.325 e. The molecule has 0 atom stereocenters. The molecule has 0 aromatic heterocycles. The van der Waals surface area contributed by atoms with Crippen LogP contribution in [-0.4, -0.2) is 12.3 Å². The van der Waals surface area contributed by atoms with Crippen LogP contribution < -0.4 is 10.9 Å². The van der Waals surface area contributed by atoms with E-state index in [1.165, 1.54) is 0 Å². The molecular formula is C7H10N2O. The number of hydrogen-bond donors (Lipinski definition) is 2. The molecule has 10 heavy (non-hydrogen) atoms. The highest BCUT2D eigenvalue weighted by molar-refractivity contribution is 5.97. The normalized spacial score (nSPS) is 24.6. The van der Waals surface area contributed by atoms with Gasteiger partial charge in [-0.05, 0) is 12.8 Å². The monoisotopic (exact) mass is 138 g/mol. The van der Waals surface area contributed by atoms with Crippen molar-refractivity contribution in [3.63, 3.8) is 0 Å². The van der Waals surface area contributed by atoms with Gasteiger partial charge in [0, 0.05) is 24.2 Å². The summed E-state index contributed by atoms with van der Waals surface area (Å²) in [5.41, 5.74) is 8.05. The predicted octanol–water partition coefficient (Wildman–Crippen LogP) is 0.101. The Morgan fingerprint density at radius 1 is 1.30 bits per heavy atom. The maximum Gasteiger partial charge on any atom is 0.162 e. The number of allylic oxidation sites excluding steroid dienone is 1. The Balaban J connectivity index is 2.31. The van der Waals surface area contributed by atoms with Crippen molar-refractivity contribution >= 4 is 5.78 Å². The van der Waals surface area contributed by atoms with Gasteiger partial charge in [-0.3, -0.25) is 4.79 Å². The summed E-state index contributed by atoms with van der Waals surface area (Å²) in [5.74, 6) is 0.318. The second-order valence-electron chi connectivity index (χ2n) is 2.71. The van der Waals surface area contributed by atoms with Crippen LogP contribution in [0.15, 0.2) is 11.3 Å². The molecule has 0 amide bonds. The molecule has 0 saturated heterocycles. The second kappa shape index (κ2) is 2.09. The molecule has 3 heteroatoms. The SMILES string of the molecule is O=C1CCCC2=C1CNN2. The van der Waals surface area contributed by atoms with E-state index in [4.69, 9.17) is 0 Å². The molecule has 3 nitrogen and oxygen atoms in total. The van der Waals surface area contributed by atoms with Crippen molar-refractivity contribution < 1.29 is 4.79 Å². The highest BCUT2D eigenvalue weighted by Gasteiger charge is 2.23. The van der Waals surface area contributed by atoms with E-state index in [2.05, 4.69) is 10.9 Å². The van der Waals surface area contributed by atoms with E-state index in [0.717, 1.165) is 30.5 Å². The Kier molecular flexibility index (Phi) is 1.24. The molecule has 1 heterocycles. The molecule has 2 N–H and O–H groups in total. The second-order valence-corrected chi connectivity index (χ2v) is 2.71. The summed E-state index contributed by atoms with van der Waals surface area (Å²) in [5, 5.41) is 0. The number of carbonyl (C=O) groups excluding carboxylic acids is 1. The highest BCUT2D eigenvalue weighted by atomic mass is 16.1. The summed E-state index contributed by atoms with van der Waals surface area (Å²) in [6, 6.07) is 0. The molecule has 0 saturated carbocycles. The Hall–Kier alpha value is -0.830. The minimum atomic E-state index is 0.318. The number of hydrogen-bond acceptors (Lipinski definition) is 3. The molecule has 2 aliphatic rings. The van der Waals surface area contributed by atoms with E-state index in [1.807, 2.05) is 0 Å². The third kappa shape index (κ3) is 0.743. The van der Waals surface area contributed by atoms with Crippen molar-refractivity contribution in [2.45, 2.75) is 19.3 Å².